The molecule has 1 aliphatic heterocycles. The molecule has 1 aromatic rings. The van der Waals surface area contributed by atoms with Gasteiger partial charge in [-0.3, -0.25) is 9.69 Å². The predicted octanol–water partition coefficient (Wildman–Crippen LogP) is 2.72. The van der Waals surface area contributed by atoms with Crippen molar-refractivity contribution in [3.63, 3.8) is 0 Å². The Balaban J connectivity index is 1.64. The van der Waals surface area contributed by atoms with Gasteiger partial charge in [0, 0.05) is 19.1 Å². The van der Waals surface area contributed by atoms with Gasteiger partial charge in [-0.15, -0.1) is 0 Å². The highest BCUT2D eigenvalue weighted by Crippen LogP contribution is 2.13. The third-order valence-electron chi connectivity index (χ3n) is 3.90. The Kier molecular flexibility index (Phi) is 6.82. The number of piperidine rings is 1. The number of nitrogens with one attached hydrogen (secondary N) is 1. The van der Waals surface area contributed by atoms with Gasteiger partial charge in [0.25, 0.3) is 0 Å². The smallest absolute Gasteiger partial charge is 0.407 e. The van der Waals surface area contributed by atoms with Crippen molar-refractivity contribution in [2.24, 2.45) is 0 Å². The molecule has 6 nitrogen and oxygen atoms in total. The van der Waals surface area contributed by atoms with Crippen LogP contribution in [0.15, 0.2) is 30.3 Å². The van der Waals surface area contributed by atoms with Gasteiger partial charge in [0.05, 0.1) is 6.54 Å². The van der Waals surface area contributed by atoms with Gasteiger partial charge in [0.15, 0.2) is 0 Å². The van der Waals surface area contributed by atoms with E-state index in [-0.39, 0.29) is 18.6 Å². The summed E-state index contributed by atoms with van der Waals surface area (Å²) < 4.78 is 10.6. The normalized spacial score (nSPS) is 16.3. The molecule has 1 fully saturated rings. The lowest BCUT2D eigenvalue weighted by molar-refractivity contribution is -0.156. The minimum atomic E-state index is -0.459. The largest absolute Gasteiger partial charge is 0.459 e. The van der Waals surface area contributed by atoms with E-state index in [1.165, 1.54) is 0 Å². The first kappa shape index (κ1) is 19.2. The Bertz CT molecular complexity index is 561. The molecule has 6 heteroatoms. The molecule has 25 heavy (non-hydrogen) atoms. The number of amides is 1. The van der Waals surface area contributed by atoms with E-state index in [9.17, 15) is 9.59 Å². The van der Waals surface area contributed by atoms with E-state index < -0.39 is 11.7 Å². The van der Waals surface area contributed by atoms with Crippen LogP contribution in [0.25, 0.3) is 0 Å². The highest BCUT2D eigenvalue weighted by atomic mass is 16.6. The molecule has 1 saturated heterocycles. The molecular formula is C19H28N2O4. The van der Waals surface area contributed by atoms with Gasteiger partial charge >= 0.3 is 12.1 Å². The zero-order chi connectivity index (χ0) is 18.3. The minimum absolute atomic E-state index is 0.0816. The maximum absolute atomic E-state index is 11.9. The van der Waals surface area contributed by atoms with Gasteiger partial charge in [-0.1, -0.05) is 30.3 Å². The van der Waals surface area contributed by atoms with Crippen LogP contribution in [0.2, 0.25) is 0 Å². The fourth-order valence-electron chi connectivity index (χ4n) is 2.72. The van der Waals surface area contributed by atoms with Gasteiger partial charge < -0.3 is 14.8 Å². The van der Waals surface area contributed by atoms with Crippen LogP contribution in [0.3, 0.4) is 0 Å². The summed E-state index contributed by atoms with van der Waals surface area (Å²) in [7, 11) is 0. The molecule has 1 N–H and O–H groups in total. The number of carbonyl (C=O) groups excluding carboxylic acids is 2. The monoisotopic (exact) mass is 348 g/mol. The van der Waals surface area contributed by atoms with Crippen molar-refractivity contribution in [3.8, 4) is 0 Å². The third-order valence-corrected chi connectivity index (χ3v) is 3.90. The summed E-state index contributed by atoms with van der Waals surface area (Å²) in [5.74, 6) is -0.207. The molecule has 1 amide bonds. The van der Waals surface area contributed by atoms with Crippen LogP contribution in [0.5, 0.6) is 0 Å². The van der Waals surface area contributed by atoms with E-state index >= 15 is 0 Å². The predicted molar refractivity (Wildman–Crippen MR) is 95.1 cm³/mol. The number of esters is 1. The molecule has 0 saturated carbocycles. The summed E-state index contributed by atoms with van der Waals surface area (Å²) >= 11 is 0. The van der Waals surface area contributed by atoms with Crippen molar-refractivity contribution >= 4 is 12.1 Å². The quantitative estimate of drug-likeness (QED) is 0.829. The zero-order valence-electron chi connectivity index (χ0n) is 15.3. The standard InChI is InChI=1S/C19H28N2O4/c1-19(2,3)25-17(22)13-21-11-9-16(10-12-21)20-18(23)24-14-15-7-5-4-6-8-15/h4-8,16H,9-14H2,1-3H3,(H,20,23). The van der Waals surface area contributed by atoms with Crippen molar-refractivity contribution in [3.05, 3.63) is 35.9 Å². The number of alkyl carbamates (subject to hydrolysis) is 1. The van der Waals surface area contributed by atoms with Gasteiger partial charge in [-0.25, -0.2) is 4.79 Å². The Morgan fingerprint density at radius 3 is 2.40 bits per heavy atom. The molecule has 0 bridgehead atoms. The zero-order valence-corrected chi connectivity index (χ0v) is 15.3. The number of benzene rings is 1. The first-order valence-corrected chi connectivity index (χ1v) is 8.73. The van der Waals surface area contributed by atoms with Crippen molar-refractivity contribution in [1.29, 1.82) is 0 Å². The summed E-state index contributed by atoms with van der Waals surface area (Å²) in [5, 5.41) is 2.90. The molecular weight excluding hydrogens is 320 g/mol. The number of rotatable bonds is 5. The van der Waals surface area contributed by atoms with Gasteiger partial charge in [0.1, 0.15) is 12.2 Å². The van der Waals surface area contributed by atoms with E-state index in [1.807, 2.05) is 51.1 Å². The van der Waals surface area contributed by atoms with Crippen molar-refractivity contribution in [1.82, 2.24) is 10.2 Å². The Morgan fingerprint density at radius 1 is 1.16 bits per heavy atom. The Morgan fingerprint density at radius 2 is 1.80 bits per heavy atom. The number of carbonyl (C=O) groups is 2. The van der Waals surface area contributed by atoms with Crippen LogP contribution in [-0.4, -0.2) is 48.2 Å². The van der Waals surface area contributed by atoms with Crippen LogP contribution in [0, 0.1) is 0 Å². The van der Waals surface area contributed by atoms with Crippen LogP contribution >= 0.6 is 0 Å². The molecule has 138 valence electrons. The summed E-state index contributed by atoms with van der Waals surface area (Å²) in [6.45, 7) is 7.66. The minimum Gasteiger partial charge on any atom is -0.459 e. The highest BCUT2D eigenvalue weighted by molar-refractivity contribution is 5.72. The Labute approximate surface area is 149 Å². The van der Waals surface area contributed by atoms with Crippen LogP contribution < -0.4 is 5.32 Å². The number of ether oxygens (including phenoxy) is 2. The van der Waals surface area contributed by atoms with E-state index in [0.29, 0.717) is 6.54 Å². The van der Waals surface area contributed by atoms with Crippen molar-refractivity contribution in [2.45, 2.75) is 51.9 Å². The molecule has 0 unspecified atom stereocenters. The summed E-state index contributed by atoms with van der Waals surface area (Å²) in [6.07, 6.45) is 1.20. The van der Waals surface area contributed by atoms with E-state index in [4.69, 9.17) is 9.47 Å². The fourth-order valence-corrected chi connectivity index (χ4v) is 2.72. The van der Waals surface area contributed by atoms with Crippen LogP contribution in [0.1, 0.15) is 39.2 Å². The van der Waals surface area contributed by atoms with Crippen LogP contribution in [0.4, 0.5) is 4.79 Å². The van der Waals surface area contributed by atoms with Crippen molar-refractivity contribution < 1.29 is 19.1 Å². The Hall–Kier alpha value is -2.08. The molecule has 0 radical (unpaired) electrons. The van der Waals surface area contributed by atoms with Gasteiger partial charge in [-0.2, -0.15) is 0 Å². The molecule has 0 spiro atoms. The number of hydrogen-bond donors (Lipinski definition) is 1. The maximum atomic E-state index is 11.9. The first-order chi connectivity index (χ1) is 11.8. The fraction of sp³-hybridized carbons (Fsp3) is 0.579. The summed E-state index contributed by atoms with van der Waals surface area (Å²) in [5.41, 5.74) is 0.504. The molecule has 0 atom stereocenters. The lowest BCUT2D eigenvalue weighted by Crippen LogP contribution is -2.46. The van der Waals surface area contributed by atoms with Gasteiger partial charge in [-0.05, 0) is 39.2 Å². The van der Waals surface area contributed by atoms with Crippen molar-refractivity contribution in [2.75, 3.05) is 19.6 Å². The molecule has 2 rings (SSSR count). The topological polar surface area (TPSA) is 67.9 Å². The lowest BCUT2D eigenvalue weighted by Gasteiger charge is -2.32. The summed E-state index contributed by atoms with van der Waals surface area (Å²) in [4.78, 5) is 25.8. The lowest BCUT2D eigenvalue weighted by atomic mass is 10.1. The second-order valence-electron chi connectivity index (χ2n) is 7.34. The molecule has 1 heterocycles. The average Bonchev–Trinajstić information content (AvgIpc) is 2.54. The second kappa shape index (κ2) is 8.85. The molecule has 1 aromatic carbocycles. The van der Waals surface area contributed by atoms with E-state index in [0.717, 1.165) is 31.5 Å². The number of nitrogens with zero attached hydrogens (tertiary/aromatic N) is 1. The molecule has 0 aromatic heterocycles. The molecule has 1 aliphatic rings. The maximum Gasteiger partial charge on any atom is 0.407 e. The first-order valence-electron chi connectivity index (χ1n) is 8.73. The highest BCUT2D eigenvalue weighted by Gasteiger charge is 2.24. The number of hydrogen-bond acceptors (Lipinski definition) is 5. The second-order valence-corrected chi connectivity index (χ2v) is 7.34. The molecule has 0 aliphatic carbocycles. The average molecular weight is 348 g/mol. The summed E-state index contributed by atoms with van der Waals surface area (Å²) in [6, 6.07) is 9.67. The number of likely N-dealkylation sites (tertiary alicyclic amines) is 1. The van der Waals surface area contributed by atoms with Crippen LogP contribution in [-0.2, 0) is 20.9 Å². The van der Waals surface area contributed by atoms with E-state index in [2.05, 4.69) is 10.2 Å². The van der Waals surface area contributed by atoms with E-state index in [1.54, 1.807) is 0 Å². The van der Waals surface area contributed by atoms with Gasteiger partial charge in [0.2, 0.25) is 0 Å². The SMILES string of the molecule is CC(C)(C)OC(=O)CN1CCC(NC(=O)OCc2ccccc2)CC1. The third kappa shape index (κ3) is 7.56.